The summed E-state index contributed by atoms with van der Waals surface area (Å²) in [6, 6.07) is 0. The van der Waals surface area contributed by atoms with Crippen molar-refractivity contribution in [2.24, 2.45) is 5.92 Å². The largest absolute Gasteiger partial charge is 0.379 e. The summed E-state index contributed by atoms with van der Waals surface area (Å²) in [6.45, 7) is 16.0. The van der Waals surface area contributed by atoms with Crippen LogP contribution in [0.2, 0.25) is 0 Å². The maximum Gasteiger partial charge on any atom is 0.0640 e. The molecule has 122 valence electrons. The molecule has 1 N–H and O–H groups in total. The molecule has 1 heterocycles. The fourth-order valence-corrected chi connectivity index (χ4v) is 2.39. The zero-order valence-corrected chi connectivity index (χ0v) is 14.9. The van der Waals surface area contributed by atoms with Crippen LogP contribution in [0.1, 0.15) is 51.1 Å². The second kappa shape index (κ2) is 7.95. The Morgan fingerprint density at radius 1 is 1.29 bits per heavy atom. The molecular formula is C17H33N3O. The first-order valence-corrected chi connectivity index (χ1v) is 8.05. The average molecular weight is 295 g/mol. The summed E-state index contributed by atoms with van der Waals surface area (Å²) in [7, 11) is 1.77. The van der Waals surface area contributed by atoms with E-state index in [0.29, 0.717) is 5.92 Å². The highest BCUT2D eigenvalue weighted by Gasteiger charge is 2.18. The molecule has 1 aromatic rings. The van der Waals surface area contributed by atoms with Crippen molar-refractivity contribution in [3.8, 4) is 0 Å². The molecule has 0 aliphatic rings. The molecule has 1 rings (SSSR count). The van der Waals surface area contributed by atoms with Crippen molar-refractivity contribution in [3.63, 3.8) is 0 Å². The van der Waals surface area contributed by atoms with Crippen LogP contribution < -0.4 is 5.32 Å². The second-order valence-electron chi connectivity index (χ2n) is 6.93. The molecule has 1 aromatic heterocycles. The molecule has 0 aliphatic heterocycles. The van der Waals surface area contributed by atoms with E-state index in [1.807, 2.05) is 0 Å². The van der Waals surface area contributed by atoms with E-state index in [0.717, 1.165) is 38.2 Å². The Balaban J connectivity index is 2.59. The molecule has 0 radical (unpaired) electrons. The van der Waals surface area contributed by atoms with Gasteiger partial charge in [0.1, 0.15) is 0 Å². The number of rotatable bonds is 9. The number of hydrogen-bond acceptors (Lipinski definition) is 3. The molecule has 21 heavy (non-hydrogen) atoms. The SMILES string of the molecule is COC(C)(C)CCn1nc(C)c(CCNCC(C)C)c1C. The van der Waals surface area contributed by atoms with E-state index >= 15 is 0 Å². The van der Waals surface area contributed by atoms with Crippen LogP contribution in [-0.4, -0.2) is 35.6 Å². The minimum absolute atomic E-state index is 0.0920. The summed E-state index contributed by atoms with van der Waals surface area (Å²) < 4.78 is 7.62. The first kappa shape index (κ1) is 18.2. The van der Waals surface area contributed by atoms with Gasteiger partial charge in [-0.25, -0.2) is 0 Å². The van der Waals surface area contributed by atoms with Crippen LogP contribution in [0.25, 0.3) is 0 Å². The Morgan fingerprint density at radius 2 is 1.95 bits per heavy atom. The first-order valence-electron chi connectivity index (χ1n) is 8.05. The molecule has 4 heteroatoms. The number of nitrogens with one attached hydrogen (secondary N) is 1. The highest BCUT2D eigenvalue weighted by molar-refractivity contribution is 5.24. The summed E-state index contributed by atoms with van der Waals surface area (Å²) in [5.74, 6) is 0.700. The van der Waals surface area contributed by atoms with E-state index in [9.17, 15) is 0 Å². The highest BCUT2D eigenvalue weighted by Crippen LogP contribution is 2.18. The normalized spacial score (nSPS) is 12.4. The molecule has 0 unspecified atom stereocenters. The Morgan fingerprint density at radius 3 is 2.52 bits per heavy atom. The van der Waals surface area contributed by atoms with Gasteiger partial charge in [-0.15, -0.1) is 0 Å². The van der Waals surface area contributed by atoms with E-state index < -0.39 is 0 Å². The van der Waals surface area contributed by atoms with Gasteiger partial charge in [0.15, 0.2) is 0 Å². The van der Waals surface area contributed by atoms with Crippen LogP contribution in [0.4, 0.5) is 0 Å². The Bertz CT molecular complexity index is 435. The summed E-state index contributed by atoms with van der Waals surface area (Å²) in [5.41, 5.74) is 3.76. The minimum Gasteiger partial charge on any atom is -0.379 e. The van der Waals surface area contributed by atoms with Gasteiger partial charge in [0.05, 0.1) is 11.3 Å². The molecule has 0 amide bonds. The number of ether oxygens (including phenoxy) is 1. The van der Waals surface area contributed by atoms with Crippen LogP contribution in [0, 0.1) is 19.8 Å². The molecule has 0 fully saturated rings. The van der Waals surface area contributed by atoms with Crippen LogP contribution in [0.15, 0.2) is 0 Å². The van der Waals surface area contributed by atoms with Crippen molar-refractivity contribution in [1.82, 2.24) is 15.1 Å². The van der Waals surface area contributed by atoms with Gasteiger partial charge in [-0.3, -0.25) is 4.68 Å². The number of hydrogen-bond donors (Lipinski definition) is 1. The van der Waals surface area contributed by atoms with E-state index in [2.05, 4.69) is 51.5 Å². The third kappa shape index (κ3) is 5.79. The van der Waals surface area contributed by atoms with E-state index in [-0.39, 0.29) is 5.60 Å². The third-order valence-corrected chi connectivity index (χ3v) is 4.11. The third-order valence-electron chi connectivity index (χ3n) is 4.11. The van der Waals surface area contributed by atoms with Gasteiger partial charge >= 0.3 is 0 Å². The Kier molecular flexibility index (Phi) is 6.88. The molecule has 4 nitrogen and oxygen atoms in total. The lowest BCUT2D eigenvalue weighted by atomic mass is 10.1. The predicted octanol–water partition coefficient (Wildman–Crippen LogP) is 3.10. The highest BCUT2D eigenvalue weighted by atomic mass is 16.5. The van der Waals surface area contributed by atoms with Crippen LogP contribution in [0.5, 0.6) is 0 Å². The number of methoxy groups -OCH3 is 1. The van der Waals surface area contributed by atoms with E-state index in [1.165, 1.54) is 11.3 Å². The van der Waals surface area contributed by atoms with Gasteiger partial charge in [0.2, 0.25) is 0 Å². The quantitative estimate of drug-likeness (QED) is 0.712. The van der Waals surface area contributed by atoms with Crippen molar-refractivity contribution in [3.05, 3.63) is 17.0 Å². The van der Waals surface area contributed by atoms with Gasteiger partial charge in [-0.2, -0.15) is 5.10 Å². The second-order valence-corrected chi connectivity index (χ2v) is 6.93. The Labute approximate surface area is 130 Å². The number of nitrogens with zero attached hydrogens (tertiary/aromatic N) is 2. The average Bonchev–Trinajstić information content (AvgIpc) is 2.68. The molecule has 0 saturated carbocycles. The zero-order chi connectivity index (χ0) is 16.0. The lowest BCUT2D eigenvalue weighted by Crippen LogP contribution is -2.25. The summed E-state index contributed by atoms with van der Waals surface area (Å²) in [5, 5.41) is 8.20. The van der Waals surface area contributed by atoms with Crippen molar-refractivity contribution in [1.29, 1.82) is 0 Å². The molecule has 0 atom stereocenters. The van der Waals surface area contributed by atoms with Gasteiger partial charge in [0, 0.05) is 19.3 Å². The molecule has 0 bridgehead atoms. The molecular weight excluding hydrogens is 262 g/mol. The lowest BCUT2D eigenvalue weighted by molar-refractivity contribution is 0.0112. The lowest BCUT2D eigenvalue weighted by Gasteiger charge is -2.22. The standard InChI is InChI=1S/C17H33N3O/c1-13(2)12-18-10-8-16-14(3)19-20(15(16)4)11-9-17(5,6)21-7/h13,18H,8-12H2,1-7H3. The van der Waals surface area contributed by atoms with Gasteiger partial charge in [0.25, 0.3) is 0 Å². The van der Waals surface area contributed by atoms with Crippen LogP contribution in [-0.2, 0) is 17.7 Å². The molecule has 0 aliphatic carbocycles. The maximum absolute atomic E-state index is 5.49. The predicted molar refractivity (Wildman–Crippen MR) is 88.8 cm³/mol. The van der Waals surface area contributed by atoms with E-state index in [1.54, 1.807) is 7.11 Å². The fraction of sp³-hybridized carbons (Fsp3) is 0.824. The first-order chi connectivity index (χ1) is 9.76. The molecule has 0 aromatic carbocycles. The van der Waals surface area contributed by atoms with Crippen molar-refractivity contribution < 1.29 is 4.74 Å². The summed E-state index contributed by atoms with van der Waals surface area (Å²) in [6.07, 6.45) is 2.02. The number of aryl methyl sites for hydroxylation is 2. The summed E-state index contributed by atoms with van der Waals surface area (Å²) >= 11 is 0. The topological polar surface area (TPSA) is 39.1 Å². The molecule has 0 spiro atoms. The Hall–Kier alpha value is -0.870. The van der Waals surface area contributed by atoms with Crippen molar-refractivity contribution in [2.45, 2.75) is 66.5 Å². The van der Waals surface area contributed by atoms with Gasteiger partial charge < -0.3 is 10.1 Å². The maximum atomic E-state index is 5.49. The van der Waals surface area contributed by atoms with Crippen molar-refractivity contribution in [2.75, 3.05) is 20.2 Å². The number of aromatic nitrogens is 2. The van der Waals surface area contributed by atoms with E-state index in [4.69, 9.17) is 9.84 Å². The van der Waals surface area contributed by atoms with Crippen LogP contribution in [0.3, 0.4) is 0 Å². The minimum atomic E-state index is -0.0920. The van der Waals surface area contributed by atoms with Gasteiger partial charge in [-0.1, -0.05) is 13.8 Å². The monoisotopic (exact) mass is 295 g/mol. The zero-order valence-electron chi connectivity index (χ0n) is 14.9. The van der Waals surface area contributed by atoms with Gasteiger partial charge in [-0.05, 0) is 65.1 Å². The summed E-state index contributed by atoms with van der Waals surface area (Å²) in [4.78, 5) is 0. The van der Waals surface area contributed by atoms with Crippen LogP contribution >= 0.6 is 0 Å². The smallest absolute Gasteiger partial charge is 0.0640 e. The fourth-order valence-electron chi connectivity index (χ4n) is 2.39. The van der Waals surface area contributed by atoms with Crippen molar-refractivity contribution >= 4 is 0 Å². The molecule has 0 saturated heterocycles.